The van der Waals surface area contributed by atoms with E-state index in [0.717, 1.165) is 5.13 Å². The molecule has 0 saturated carbocycles. The average molecular weight is 379 g/mol. The molecule has 0 saturated heterocycles. The van der Waals surface area contributed by atoms with E-state index >= 15 is 0 Å². The summed E-state index contributed by atoms with van der Waals surface area (Å²) in [4.78, 5) is 18.1. The van der Waals surface area contributed by atoms with E-state index in [2.05, 4.69) is 4.98 Å². The maximum atomic E-state index is 11.8. The van der Waals surface area contributed by atoms with Crippen molar-refractivity contribution in [3.63, 3.8) is 0 Å². The molecule has 0 atom stereocenters. The number of aromatic nitrogens is 1. The van der Waals surface area contributed by atoms with Gasteiger partial charge in [-0.25, -0.2) is 9.78 Å². The Morgan fingerprint density at radius 2 is 2.04 bits per heavy atom. The lowest BCUT2D eigenvalue weighted by atomic mass is 10.2. The second-order valence-electron chi connectivity index (χ2n) is 6.67. The van der Waals surface area contributed by atoms with Crippen LogP contribution in [0.3, 0.4) is 0 Å². The zero-order valence-corrected chi connectivity index (χ0v) is 16.3. The molecule has 0 amide bonds. The number of nitrogens with two attached hydrogens (primary N) is 1. The van der Waals surface area contributed by atoms with Crippen LogP contribution in [-0.2, 0) is 9.53 Å². The number of esters is 1. The molecule has 1 aromatic heterocycles. The molecule has 1 heterocycles. The van der Waals surface area contributed by atoms with Crippen molar-refractivity contribution in [2.75, 3.05) is 37.4 Å². The van der Waals surface area contributed by atoms with Crippen LogP contribution < -0.4 is 20.1 Å². The van der Waals surface area contributed by atoms with Gasteiger partial charge in [0.25, 0.3) is 0 Å². The topological polar surface area (TPSA) is 86.9 Å². The smallest absolute Gasteiger partial charge is 0.344 e. The fraction of sp³-hybridized carbons (Fsp3) is 0.444. The summed E-state index contributed by atoms with van der Waals surface area (Å²) in [6.45, 7) is 6.29. The number of rotatable bonds is 8. The van der Waals surface area contributed by atoms with Crippen LogP contribution in [0.5, 0.6) is 11.5 Å². The Morgan fingerprint density at radius 3 is 2.69 bits per heavy atom. The Labute approximate surface area is 157 Å². The second-order valence-corrected chi connectivity index (χ2v) is 7.54. The van der Waals surface area contributed by atoms with Crippen LogP contribution in [0.2, 0.25) is 0 Å². The van der Waals surface area contributed by atoms with Crippen molar-refractivity contribution in [3.05, 3.63) is 29.8 Å². The van der Waals surface area contributed by atoms with Gasteiger partial charge >= 0.3 is 5.97 Å². The molecule has 2 aromatic rings. The molecule has 0 aliphatic heterocycles. The van der Waals surface area contributed by atoms with Crippen LogP contribution >= 0.6 is 11.3 Å². The number of carbonyl (C=O) groups excluding carboxylic acids is 1. The number of nitrogens with zero attached hydrogens (tertiary/aromatic N) is 2. The van der Waals surface area contributed by atoms with E-state index in [9.17, 15) is 4.79 Å². The maximum absolute atomic E-state index is 11.8. The first-order valence-electron chi connectivity index (χ1n) is 8.22. The standard InChI is InChI=1S/C18H25N3O4S/c1-18(2,3)25-16(22)12-24-15-11-13(19)5-6-14(15)23-9-8-21(4)17-20-7-10-26-17/h5-7,10-11H,8-9,12,19H2,1-4H3. The number of ether oxygens (including phenoxy) is 3. The predicted octanol–water partition coefficient (Wildman–Crippen LogP) is 2.96. The number of hydrogen-bond donors (Lipinski definition) is 1. The molecule has 0 fully saturated rings. The van der Waals surface area contributed by atoms with Gasteiger partial charge in [0.2, 0.25) is 0 Å². The minimum absolute atomic E-state index is 0.212. The number of nitrogen functional groups attached to an aromatic ring is 1. The van der Waals surface area contributed by atoms with Crippen LogP contribution in [-0.4, -0.2) is 43.4 Å². The SMILES string of the molecule is CN(CCOc1ccc(N)cc1OCC(=O)OC(C)(C)C)c1nccs1. The van der Waals surface area contributed by atoms with Crippen molar-refractivity contribution in [1.29, 1.82) is 0 Å². The van der Waals surface area contributed by atoms with Gasteiger partial charge in [0, 0.05) is 30.4 Å². The van der Waals surface area contributed by atoms with Crippen molar-refractivity contribution in [2.45, 2.75) is 26.4 Å². The molecule has 26 heavy (non-hydrogen) atoms. The van der Waals surface area contributed by atoms with Crippen molar-refractivity contribution in [3.8, 4) is 11.5 Å². The summed E-state index contributed by atoms with van der Waals surface area (Å²) in [5.41, 5.74) is 5.77. The minimum Gasteiger partial charge on any atom is -0.488 e. The molecule has 1 aromatic carbocycles. The molecule has 0 unspecified atom stereocenters. The highest BCUT2D eigenvalue weighted by Gasteiger charge is 2.17. The third kappa shape index (κ3) is 6.44. The monoisotopic (exact) mass is 379 g/mol. The van der Waals surface area contributed by atoms with Crippen molar-refractivity contribution < 1.29 is 19.0 Å². The largest absolute Gasteiger partial charge is 0.488 e. The summed E-state index contributed by atoms with van der Waals surface area (Å²) in [5.74, 6) is 0.484. The summed E-state index contributed by atoms with van der Waals surface area (Å²) < 4.78 is 16.6. The van der Waals surface area contributed by atoms with Gasteiger partial charge in [0.05, 0.1) is 6.54 Å². The number of benzene rings is 1. The van der Waals surface area contributed by atoms with Crippen molar-refractivity contribution >= 4 is 28.1 Å². The minimum atomic E-state index is -0.560. The van der Waals surface area contributed by atoms with Gasteiger partial charge in [0.1, 0.15) is 12.2 Å². The third-order valence-electron chi connectivity index (χ3n) is 3.16. The molecule has 0 aliphatic rings. The lowest BCUT2D eigenvalue weighted by molar-refractivity contribution is -0.157. The highest BCUT2D eigenvalue weighted by atomic mass is 32.1. The quantitative estimate of drug-likeness (QED) is 0.557. The highest BCUT2D eigenvalue weighted by molar-refractivity contribution is 7.13. The number of hydrogen-bond acceptors (Lipinski definition) is 8. The van der Waals surface area contributed by atoms with Crippen LogP contribution in [0.25, 0.3) is 0 Å². The van der Waals surface area contributed by atoms with Crippen LogP contribution in [0, 0.1) is 0 Å². The summed E-state index contributed by atoms with van der Waals surface area (Å²) in [5, 5.41) is 2.85. The Morgan fingerprint density at radius 1 is 1.27 bits per heavy atom. The fourth-order valence-electron chi connectivity index (χ4n) is 2.06. The zero-order valence-electron chi connectivity index (χ0n) is 15.5. The molecular formula is C18H25N3O4S. The fourth-order valence-corrected chi connectivity index (χ4v) is 2.69. The van der Waals surface area contributed by atoms with Crippen LogP contribution in [0.4, 0.5) is 10.8 Å². The first-order chi connectivity index (χ1) is 12.2. The normalized spacial score (nSPS) is 11.1. The Balaban J connectivity index is 1.91. The summed E-state index contributed by atoms with van der Waals surface area (Å²) in [6, 6.07) is 5.08. The summed E-state index contributed by atoms with van der Waals surface area (Å²) in [6.07, 6.45) is 1.76. The Kier molecular flexibility index (Phi) is 6.68. The van der Waals surface area contributed by atoms with Gasteiger partial charge in [0.15, 0.2) is 23.2 Å². The average Bonchev–Trinajstić information content (AvgIpc) is 3.07. The lowest BCUT2D eigenvalue weighted by Gasteiger charge is -2.20. The number of anilines is 2. The first kappa shape index (κ1) is 19.8. The van der Waals surface area contributed by atoms with Crippen LogP contribution in [0.15, 0.2) is 29.8 Å². The highest BCUT2D eigenvalue weighted by Crippen LogP contribution is 2.29. The molecule has 142 valence electrons. The van der Waals surface area contributed by atoms with E-state index in [1.165, 1.54) is 0 Å². The number of likely N-dealkylation sites (N-methyl/N-ethyl adjacent to an activating group) is 1. The van der Waals surface area contributed by atoms with Crippen molar-refractivity contribution in [1.82, 2.24) is 4.98 Å². The maximum Gasteiger partial charge on any atom is 0.344 e. The Bertz CT molecular complexity index is 714. The molecular weight excluding hydrogens is 354 g/mol. The van der Waals surface area contributed by atoms with Gasteiger partial charge in [-0.1, -0.05) is 0 Å². The van der Waals surface area contributed by atoms with E-state index in [-0.39, 0.29) is 6.61 Å². The molecule has 0 radical (unpaired) electrons. The number of carbonyl (C=O) groups is 1. The Hall–Kier alpha value is -2.48. The second kappa shape index (κ2) is 8.75. The van der Waals surface area contributed by atoms with Gasteiger partial charge < -0.3 is 24.8 Å². The molecule has 2 rings (SSSR count). The molecule has 0 bridgehead atoms. The van der Waals surface area contributed by atoms with Gasteiger partial charge in [-0.15, -0.1) is 11.3 Å². The number of thiazole rings is 1. The van der Waals surface area contributed by atoms with E-state index in [4.69, 9.17) is 19.9 Å². The van der Waals surface area contributed by atoms with Gasteiger partial charge in [-0.3, -0.25) is 0 Å². The van der Waals surface area contributed by atoms with Gasteiger partial charge in [-0.2, -0.15) is 0 Å². The predicted molar refractivity (Wildman–Crippen MR) is 103 cm³/mol. The van der Waals surface area contributed by atoms with E-state index < -0.39 is 11.6 Å². The van der Waals surface area contributed by atoms with Crippen LogP contribution in [0.1, 0.15) is 20.8 Å². The molecule has 7 nitrogen and oxygen atoms in total. The molecule has 8 heteroatoms. The molecule has 0 spiro atoms. The van der Waals surface area contributed by atoms with E-state index in [0.29, 0.717) is 30.3 Å². The summed E-state index contributed by atoms with van der Waals surface area (Å²) >= 11 is 1.56. The van der Waals surface area contributed by atoms with Crippen molar-refractivity contribution in [2.24, 2.45) is 0 Å². The zero-order chi connectivity index (χ0) is 19.2. The van der Waals surface area contributed by atoms with E-state index in [1.54, 1.807) is 56.5 Å². The third-order valence-corrected chi connectivity index (χ3v) is 4.05. The van der Waals surface area contributed by atoms with Gasteiger partial charge in [-0.05, 0) is 32.9 Å². The van der Waals surface area contributed by atoms with E-state index in [1.807, 2.05) is 17.3 Å². The first-order valence-corrected chi connectivity index (χ1v) is 9.10. The lowest BCUT2D eigenvalue weighted by Crippen LogP contribution is -2.27. The summed E-state index contributed by atoms with van der Waals surface area (Å²) in [7, 11) is 1.95. The molecule has 2 N–H and O–H groups in total. The molecule has 0 aliphatic carbocycles.